The van der Waals surface area contributed by atoms with E-state index in [1.54, 1.807) is 0 Å². The SMILES string of the molecule is CCCCCCC(C)(C)NC. The molecule has 0 unspecified atom stereocenters. The molecule has 0 aliphatic heterocycles. The summed E-state index contributed by atoms with van der Waals surface area (Å²) >= 11 is 0. The molecule has 68 valence electrons. The molecule has 0 bridgehead atoms. The van der Waals surface area contributed by atoms with E-state index in [0.29, 0.717) is 5.54 Å². The normalized spacial score (nSPS) is 12.0. The van der Waals surface area contributed by atoms with Crippen LogP contribution in [0, 0.1) is 0 Å². The number of unbranched alkanes of at least 4 members (excludes halogenated alkanes) is 3. The average Bonchev–Trinajstić information content (AvgIpc) is 1.99. The minimum absolute atomic E-state index is 0.341. The average molecular weight is 157 g/mol. The third kappa shape index (κ3) is 6.36. The molecule has 0 radical (unpaired) electrons. The second kappa shape index (κ2) is 5.59. The first-order chi connectivity index (χ1) is 5.12. The van der Waals surface area contributed by atoms with Crippen molar-refractivity contribution in [1.29, 1.82) is 0 Å². The summed E-state index contributed by atoms with van der Waals surface area (Å²) < 4.78 is 0. The highest BCUT2D eigenvalue weighted by molar-refractivity contribution is 4.74. The standard InChI is InChI=1S/C10H23N/c1-5-6-7-8-9-10(2,3)11-4/h11H,5-9H2,1-4H3. The van der Waals surface area contributed by atoms with Crippen LogP contribution in [0.3, 0.4) is 0 Å². The molecule has 0 heterocycles. The van der Waals surface area contributed by atoms with Gasteiger partial charge in [-0.1, -0.05) is 32.6 Å². The van der Waals surface area contributed by atoms with Crippen LogP contribution < -0.4 is 5.32 Å². The topological polar surface area (TPSA) is 12.0 Å². The first kappa shape index (κ1) is 11.0. The summed E-state index contributed by atoms with van der Waals surface area (Å²) in [5.74, 6) is 0. The molecule has 0 aliphatic rings. The summed E-state index contributed by atoms with van der Waals surface area (Å²) in [6.07, 6.45) is 6.77. The van der Waals surface area contributed by atoms with Crippen molar-refractivity contribution >= 4 is 0 Å². The van der Waals surface area contributed by atoms with E-state index in [1.807, 2.05) is 7.05 Å². The number of rotatable bonds is 6. The van der Waals surface area contributed by atoms with Gasteiger partial charge in [0.25, 0.3) is 0 Å². The van der Waals surface area contributed by atoms with Crippen molar-refractivity contribution in [3.63, 3.8) is 0 Å². The maximum Gasteiger partial charge on any atom is 0.0122 e. The minimum atomic E-state index is 0.341. The largest absolute Gasteiger partial charge is 0.315 e. The molecule has 11 heavy (non-hydrogen) atoms. The molecule has 1 heteroatoms. The monoisotopic (exact) mass is 157 g/mol. The number of hydrogen-bond acceptors (Lipinski definition) is 1. The fraction of sp³-hybridized carbons (Fsp3) is 1.00. The second-order valence-electron chi connectivity index (χ2n) is 3.94. The Morgan fingerprint density at radius 3 is 2.18 bits per heavy atom. The summed E-state index contributed by atoms with van der Waals surface area (Å²) in [5.41, 5.74) is 0.341. The van der Waals surface area contributed by atoms with Gasteiger partial charge in [0.05, 0.1) is 0 Å². The molecule has 0 aromatic carbocycles. The highest BCUT2D eigenvalue weighted by Crippen LogP contribution is 2.13. The summed E-state index contributed by atoms with van der Waals surface area (Å²) in [6.45, 7) is 6.78. The third-order valence-electron chi connectivity index (χ3n) is 2.33. The zero-order valence-corrected chi connectivity index (χ0v) is 8.54. The van der Waals surface area contributed by atoms with Gasteiger partial charge in [-0.2, -0.15) is 0 Å². The molecule has 0 aliphatic carbocycles. The Labute approximate surface area is 71.6 Å². The molecule has 0 saturated heterocycles. The second-order valence-corrected chi connectivity index (χ2v) is 3.94. The maximum absolute atomic E-state index is 3.32. The van der Waals surface area contributed by atoms with E-state index in [2.05, 4.69) is 26.1 Å². The Morgan fingerprint density at radius 2 is 1.73 bits per heavy atom. The molecule has 0 atom stereocenters. The van der Waals surface area contributed by atoms with Crippen LogP contribution in [-0.2, 0) is 0 Å². The van der Waals surface area contributed by atoms with Crippen LogP contribution in [0.1, 0.15) is 52.9 Å². The fourth-order valence-corrected chi connectivity index (χ4v) is 1.12. The quantitative estimate of drug-likeness (QED) is 0.584. The highest BCUT2D eigenvalue weighted by Gasteiger charge is 2.12. The summed E-state index contributed by atoms with van der Waals surface area (Å²) in [7, 11) is 2.04. The smallest absolute Gasteiger partial charge is 0.0122 e. The predicted molar refractivity (Wildman–Crippen MR) is 51.9 cm³/mol. The van der Waals surface area contributed by atoms with Gasteiger partial charge >= 0.3 is 0 Å². The lowest BCUT2D eigenvalue weighted by molar-refractivity contribution is 0.375. The van der Waals surface area contributed by atoms with E-state index in [4.69, 9.17) is 0 Å². The lowest BCUT2D eigenvalue weighted by atomic mass is 9.97. The van der Waals surface area contributed by atoms with Crippen LogP contribution in [0.5, 0.6) is 0 Å². The van der Waals surface area contributed by atoms with Crippen LogP contribution in [-0.4, -0.2) is 12.6 Å². The molecule has 0 aromatic heterocycles. The van der Waals surface area contributed by atoms with Gasteiger partial charge in [-0.05, 0) is 27.3 Å². The first-order valence-electron chi connectivity index (χ1n) is 4.81. The zero-order valence-electron chi connectivity index (χ0n) is 8.54. The van der Waals surface area contributed by atoms with Gasteiger partial charge in [0.2, 0.25) is 0 Å². The molecule has 1 N–H and O–H groups in total. The van der Waals surface area contributed by atoms with Crippen molar-refractivity contribution < 1.29 is 0 Å². The van der Waals surface area contributed by atoms with E-state index in [9.17, 15) is 0 Å². The van der Waals surface area contributed by atoms with Gasteiger partial charge in [-0.15, -0.1) is 0 Å². The van der Waals surface area contributed by atoms with E-state index in [-0.39, 0.29) is 0 Å². The van der Waals surface area contributed by atoms with Crippen molar-refractivity contribution in [2.24, 2.45) is 0 Å². The molecule has 0 aromatic rings. The molecular formula is C10H23N. The minimum Gasteiger partial charge on any atom is -0.315 e. The Balaban J connectivity index is 3.23. The van der Waals surface area contributed by atoms with Crippen molar-refractivity contribution in [1.82, 2.24) is 5.32 Å². The molecule has 0 saturated carbocycles. The molecule has 0 rings (SSSR count). The fourth-order valence-electron chi connectivity index (χ4n) is 1.12. The van der Waals surface area contributed by atoms with E-state index in [1.165, 1.54) is 32.1 Å². The third-order valence-corrected chi connectivity index (χ3v) is 2.33. The van der Waals surface area contributed by atoms with Gasteiger partial charge in [-0.25, -0.2) is 0 Å². The molecule has 0 amide bonds. The van der Waals surface area contributed by atoms with Crippen LogP contribution >= 0.6 is 0 Å². The Morgan fingerprint density at radius 1 is 1.09 bits per heavy atom. The van der Waals surface area contributed by atoms with E-state index < -0.39 is 0 Å². The van der Waals surface area contributed by atoms with Gasteiger partial charge in [-0.3, -0.25) is 0 Å². The number of hydrogen-bond donors (Lipinski definition) is 1. The van der Waals surface area contributed by atoms with Gasteiger partial charge in [0, 0.05) is 5.54 Å². The molecular weight excluding hydrogens is 134 g/mol. The maximum atomic E-state index is 3.32. The summed E-state index contributed by atoms with van der Waals surface area (Å²) in [6, 6.07) is 0. The molecule has 0 spiro atoms. The zero-order chi connectivity index (χ0) is 8.74. The van der Waals surface area contributed by atoms with Gasteiger partial charge in [0.15, 0.2) is 0 Å². The van der Waals surface area contributed by atoms with Crippen LogP contribution in [0.25, 0.3) is 0 Å². The van der Waals surface area contributed by atoms with Crippen molar-refractivity contribution in [3.8, 4) is 0 Å². The summed E-state index contributed by atoms with van der Waals surface area (Å²) in [5, 5.41) is 3.32. The van der Waals surface area contributed by atoms with Crippen molar-refractivity contribution in [2.45, 2.75) is 58.4 Å². The molecule has 0 fully saturated rings. The Kier molecular flexibility index (Phi) is 5.57. The lowest BCUT2D eigenvalue weighted by Crippen LogP contribution is -2.35. The van der Waals surface area contributed by atoms with Crippen molar-refractivity contribution in [2.75, 3.05) is 7.05 Å². The predicted octanol–water partition coefficient (Wildman–Crippen LogP) is 2.95. The number of nitrogens with one attached hydrogen (secondary N) is 1. The molecule has 1 nitrogen and oxygen atoms in total. The highest BCUT2D eigenvalue weighted by atomic mass is 14.9. The van der Waals surface area contributed by atoms with Crippen LogP contribution in [0.15, 0.2) is 0 Å². The Bertz CT molecular complexity index is 86.9. The van der Waals surface area contributed by atoms with Crippen LogP contribution in [0.2, 0.25) is 0 Å². The van der Waals surface area contributed by atoms with E-state index in [0.717, 1.165) is 0 Å². The van der Waals surface area contributed by atoms with Crippen LogP contribution in [0.4, 0.5) is 0 Å². The van der Waals surface area contributed by atoms with E-state index >= 15 is 0 Å². The summed E-state index contributed by atoms with van der Waals surface area (Å²) in [4.78, 5) is 0. The Hall–Kier alpha value is -0.0400. The lowest BCUT2D eigenvalue weighted by Gasteiger charge is -2.23. The van der Waals surface area contributed by atoms with Gasteiger partial charge in [0.1, 0.15) is 0 Å². The van der Waals surface area contributed by atoms with Gasteiger partial charge < -0.3 is 5.32 Å². The first-order valence-corrected chi connectivity index (χ1v) is 4.81. The van der Waals surface area contributed by atoms with Crippen molar-refractivity contribution in [3.05, 3.63) is 0 Å².